The second-order valence-electron chi connectivity index (χ2n) is 4.21. The van der Waals surface area contributed by atoms with E-state index in [9.17, 15) is 10.1 Å². The first-order valence-electron chi connectivity index (χ1n) is 5.83. The Hall–Kier alpha value is -2.40. The molecule has 3 rings (SSSR count). The summed E-state index contributed by atoms with van der Waals surface area (Å²) < 4.78 is 5.22. The van der Waals surface area contributed by atoms with Gasteiger partial charge < -0.3 is 4.74 Å². The number of nitro groups is 1. The van der Waals surface area contributed by atoms with Crippen molar-refractivity contribution in [3.63, 3.8) is 0 Å². The Morgan fingerprint density at radius 2 is 2.00 bits per heavy atom. The molecule has 0 saturated carbocycles. The summed E-state index contributed by atoms with van der Waals surface area (Å²) in [5.74, 6) is 0.457. The zero-order chi connectivity index (χ0) is 14.3. The van der Waals surface area contributed by atoms with Crippen molar-refractivity contribution >= 4 is 39.1 Å². The molecule has 100 valence electrons. The highest BCUT2D eigenvalue weighted by Gasteiger charge is 2.21. The van der Waals surface area contributed by atoms with Gasteiger partial charge in [0.1, 0.15) is 16.7 Å². The van der Waals surface area contributed by atoms with E-state index in [1.54, 1.807) is 12.1 Å². The molecule has 0 N–H and O–H groups in total. The quantitative estimate of drug-likeness (QED) is 0.407. The minimum atomic E-state index is -0.468. The molecule has 20 heavy (non-hydrogen) atoms. The lowest BCUT2D eigenvalue weighted by Crippen LogP contribution is -1.95. The molecule has 3 aromatic rings. The van der Waals surface area contributed by atoms with E-state index in [1.165, 1.54) is 19.2 Å². The lowest BCUT2D eigenvalue weighted by molar-refractivity contribution is -0.383. The molecule has 6 heteroatoms. The van der Waals surface area contributed by atoms with Crippen molar-refractivity contribution < 1.29 is 9.66 Å². The number of benzene rings is 2. The largest absolute Gasteiger partial charge is 0.494 e. The minimum absolute atomic E-state index is 0.0796. The van der Waals surface area contributed by atoms with Crippen LogP contribution >= 0.6 is 11.6 Å². The van der Waals surface area contributed by atoms with E-state index in [2.05, 4.69) is 4.98 Å². The van der Waals surface area contributed by atoms with Crippen LogP contribution in [0.2, 0.25) is 5.02 Å². The SMILES string of the molecule is COc1ccc([N+](=O)[O-])c2c(Cl)c3ccccc3nc12. The van der Waals surface area contributed by atoms with Gasteiger partial charge in [-0.3, -0.25) is 10.1 Å². The van der Waals surface area contributed by atoms with Crippen molar-refractivity contribution in [3.8, 4) is 5.75 Å². The first-order valence-corrected chi connectivity index (χ1v) is 6.20. The summed E-state index contributed by atoms with van der Waals surface area (Å²) in [5, 5.41) is 12.5. The maximum atomic E-state index is 11.2. The molecule has 0 atom stereocenters. The van der Waals surface area contributed by atoms with E-state index >= 15 is 0 Å². The summed E-state index contributed by atoms with van der Waals surface area (Å²) in [5.41, 5.74) is 0.984. The first kappa shape index (κ1) is 12.6. The van der Waals surface area contributed by atoms with Gasteiger partial charge in [-0.2, -0.15) is 0 Å². The van der Waals surface area contributed by atoms with Crippen LogP contribution in [0, 0.1) is 10.1 Å². The van der Waals surface area contributed by atoms with Gasteiger partial charge in [-0.15, -0.1) is 0 Å². The lowest BCUT2D eigenvalue weighted by atomic mass is 10.1. The molecular formula is C14H9ClN2O3. The Morgan fingerprint density at radius 1 is 1.25 bits per heavy atom. The van der Waals surface area contributed by atoms with E-state index in [-0.39, 0.29) is 5.69 Å². The molecule has 0 amide bonds. The Morgan fingerprint density at radius 3 is 2.70 bits per heavy atom. The molecule has 0 aliphatic heterocycles. The maximum Gasteiger partial charge on any atom is 0.280 e. The molecule has 0 bridgehead atoms. The van der Waals surface area contributed by atoms with Crippen LogP contribution in [0.3, 0.4) is 0 Å². The standard InChI is InChI=1S/C14H9ClN2O3/c1-20-11-7-6-10(17(18)19)12-13(15)8-4-2-3-5-9(8)16-14(11)12/h2-7H,1H3. The normalized spacial score (nSPS) is 10.9. The summed E-state index contributed by atoms with van der Waals surface area (Å²) in [6.07, 6.45) is 0. The number of hydrogen-bond acceptors (Lipinski definition) is 4. The van der Waals surface area contributed by atoms with Crippen molar-refractivity contribution in [2.45, 2.75) is 0 Å². The summed E-state index contributed by atoms with van der Waals surface area (Å²) in [4.78, 5) is 15.2. The fourth-order valence-corrected chi connectivity index (χ4v) is 2.56. The highest BCUT2D eigenvalue weighted by Crippen LogP contribution is 2.39. The van der Waals surface area contributed by atoms with Crippen LogP contribution < -0.4 is 4.74 Å². The molecule has 0 aliphatic carbocycles. The average Bonchev–Trinajstić information content (AvgIpc) is 2.46. The lowest BCUT2D eigenvalue weighted by Gasteiger charge is -2.09. The van der Waals surface area contributed by atoms with E-state index in [0.717, 1.165) is 0 Å². The zero-order valence-corrected chi connectivity index (χ0v) is 11.2. The van der Waals surface area contributed by atoms with Crippen LogP contribution in [-0.2, 0) is 0 Å². The van der Waals surface area contributed by atoms with Gasteiger partial charge in [0.2, 0.25) is 0 Å². The minimum Gasteiger partial charge on any atom is -0.494 e. The number of para-hydroxylation sites is 1. The van der Waals surface area contributed by atoms with Crippen LogP contribution in [-0.4, -0.2) is 17.0 Å². The van der Waals surface area contributed by atoms with Gasteiger partial charge in [-0.05, 0) is 12.1 Å². The predicted octanol–water partition coefficient (Wildman–Crippen LogP) is 3.96. The second kappa shape index (κ2) is 4.61. The summed E-state index contributed by atoms with van der Waals surface area (Å²) in [6, 6.07) is 10.1. The maximum absolute atomic E-state index is 11.2. The molecular weight excluding hydrogens is 280 g/mol. The highest BCUT2D eigenvalue weighted by atomic mass is 35.5. The number of hydrogen-bond donors (Lipinski definition) is 0. The van der Waals surface area contributed by atoms with Crippen LogP contribution in [0.5, 0.6) is 5.75 Å². The van der Waals surface area contributed by atoms with Crippen molar-refractivity contribution in [2.24, 2.45) is 0 Å². The van der Waals surface area contributed by atoms with Gasteiger partial charge in [-0.1, -0.05) is 29.8 Å². The summed E-state index contributed by atoms with van der Waals surface area (Å²) >= 11 is 6.35. The number of ether oxygens (including phenoxy) is 1. The number of halogens is 1. The molecule has 0 saturated heterocycles. The molecule has 0 spiro atoms. The van der Waals surface area contributed by atoms with E-state index in [1.807, 2.05) is 12.1 Å². The van der Waals surface area contributed by atoms with Gasteiger partial charge in [0.25, 0.3) is 5.69 Å². The van der Waals surface area contributed by atoms with Crippen molar-refractivity contribution in [3.05, 3.63) is 51.5 Å². The summed E-state index contributed by atoms with van der Waals surface area (Å²) in [6.45, 7) is 0. The fourth-order valence-electron chi connectivity index (χ4n) is 2.22. The van der Waals surface area contributed by atoms with Gasteiger partial charge in [-0.25, -0.2) is 4.98 Å². The molecule has 2 aromatic carbocycles. The molecule has 0 fully saturated rings. The number of fused-ring (bicyclic) bond motifs is 2. The molecule has 5 nitrogen and oxygen atoms in total. The van der Waals surface area contributed by atoms with Crippen LogP contribution in [0.15, 0.2) is 36.4 Å². The zero-order valence-electron chi connectivity index (χ0n) is 10.5. The average molecular weight is 289 g/mol. The number of methoxy groups -OCH3 is 1. The van der Waals surface area contributed by atoms with E-state index in [0.29, 0.717) is 32.6 Å². The molecule has 0 unspecified atom stereocenters. The molecule has 1 aromatic heterocycles. The van der Waals surface area contributed by atoms with Crippen LogP contribution in [0.1, 0.15) is 0 Å². The number of non-ortho nitro benzene ring substituents is 1. The van der Waals surface area contributed by atoms with Gasteiger partial charge >= 0.3 is 0 Å². The number of rotatable bonds is 2. The number of aromatic nitrogens is 1. The molecule has 0 radical (unpaired) electrons. The number of nitro benzene ring substituents is 1. The topological polar surface area (TPSA) is 65.3 Å². The molecule has 0 aliphatic rings. The highest BCUT2D eigenvalue weighted by molar-refractivity contribution is 6.41. The summed E-state index contributed by atoms with van der Waals surface area (Å²) in [7, 11) is 1.49. The second-order valence-corrected chi connectivity index (χ2v) is 4.59. The Labute approximate surface area is 118 Å². The van der Waals surface area contributed by atoms with Gasteiger partial charge in [0.05, 0.1) is 22.6 Å². The van der Waals surface area contributed by atoms with Gasteiger partial charge in [0, 0.05) is 11.5 Å². The van der Waals surface area contributed by atoms with Gasteiger partial charge in [0.15, 0.2) is 0 Å². The first-order chi connectivity index (χ1) is 9.63. The monoisotopic (exact) mass is 288 g/mol. The fraction of sp³-hybridized carbons (Fsp3) is 0.0714. The smallest absolute Gasteiger partial charge is 0.280 e. The Kier molecular flexibility index (Phi) is 2.91. The Balaban J connectivity index is 2.58. The van der Waals surface area contributed by atoms with Crippen molar-refractivity contribution in [1.82, 2.24) is 4.98 Å². The van der Waals surface area contributed by atoms with Crippen LogP contribution in [0.25, 0.3) is 21.8 Å². The number of pyridine rings is 1. The third kappa shape index (κ3) is 1.75. The van der Waals surface area contributed by atoms with E-state index < -0.39 is 4.92 Å². The predicted molar refractivity (Wildman–Crippen MR) is 77.5 cm³/mol. The van der Waals surface area contributed by atoms with Crippen LogP contribution in [0.4, 0.5) is 5.69 Å². The molecule has 1 heterocycles. The Bertz CT molecular complexity index is 849. The third-order valence-electron chi connectivity index (χ3n) is 3.13. The van der Waals surface area contributed by atoms with E-state index in [4.69, 9.17) is 16.3 Å². The van der Waals surface area contributed by atoms with Crippen molar-refractivity contribution in [1.29, 1.82) is 0 Å². The third-order valence-corrected chi connectivity index (χ3v) is 3.52. The van der Waals surface area contributed by atoms with Crippen molar-refractivity contribution in [2.75, 3.05) is 7.11 Å². The number of nitrogens with zero attached hydrogens (tertiary/aromatic N) is 2.